The molecule has 8 nitrogen and oxygen atoms in total. The molecule has 0 bridgehead atoms. The van der Waals surface area contributed by atoms with E-state index in [-0.39, 0.29) is 11.9 Å². The van der Waals surface area contributed by atoms with Gasteiger partial charge in [-0.25, -0.2) is 4.98 Å². The second-order valence-electron chi connectivity index (χ2n) is 8.86. The first-order valence-corrected chi connectivity index (χ1v) is 12.7. The number of aryl methyl sites for hydroxylation is 2. The van der Waals surface area contributed by atoms with Crippen LogP contribution >= 0.6 is 0 Å². The fourth-order valence-corrected chi connectivity index (χ4v) is 6.13. The highest BCUT2D eigenvalue weighted by Gasteiger charge is 2.35. The Kier molecular flexibility index (Phi) is 5.86. The summed E-state index contributed by atoms with van der Waals surface area (Å²) in [6.45, 7) is 6.30. The number of nitrogens with one attached hydrogen (secondary N) is 1. The number of fused-ring (bicyclic) bond motifs is 1. The van der Waals surface area contributed by atoms with Crippen molar-refractivity contribution in [3.8, 4) is 0 Å². The van der Waals surface area contributed by atoms with Gasteiger partial charge < -0.3 is 24.6 Å². The maximum atomic E-state index is 12.7. The van der Waals surface area contributed by atoms with Crippen molar-refractivity contribution in [2.24, 2.45) is 0 Å². The predicted molar refractivity (Wildman–Crippen MR) is 127 cm³/mol. The Morgan fingerprint density at radius 3 is 2.59 bits per heavy atom. The number of likely N-dealkylation sites (N-methyl/N-ethyl adjacent to an activating group) is 1. The Labute approximate surface area is 192 Å². The molecule has 170 valence electrons. The maximum absolute atomic E-state index is 12.7. The summed E-state index contributed by atoms with van der Waals surface area (Å²) < 4.78 is 12.7. The van der Waals surface area contributed by atoms with Crippen molar-refractivity contribution < 1.29 is 9.35 Å². The quantitative estimate of drug-likeness (QED) is 0.705. The van der Waals surface area contributed by atoms with Crippen LogP contribution in [0.25, 0.3) is 0 Å². The predicted octanol–water partition coefficient (Wildman–Crippen LogP) is 1.81. The fraction of sp³-hybridized carbons (Fsp3) is 0.522. The normalized spacial score (nSPS) is 23.5. The van der Waals surface area contributed by atoms with Crippen LogP contribution in [-0.4, -0.2) is 76.9 Å². The molecule has 2 aromatic rings. The van der Waals surface area contributed by atoms with Crippen LogP contribution in [-0.2, 0) is 22.4 Å². The highest BCUT2D eigenvalue weighted by Crippen LogP contribution is 2.33. The van der Waals surface area contributed by atoms with E-state index in [2.05, 4.69) is 46.3 Å². The van der Waals surface area contributed by atoms with Crippen molar-refractivity contribution in [1.82, 2.24) is 14.9 Å². The van der Waals surface area contributed by atoms with Crippen LogP contribution in [0.4, 0.5) is 17.5 Å². The first-order chi connectivity index (χ1) is 15.5. The summed E-state index contributed by atoms with van der Waals surface area (Å²) >= 11 is -1.07. The summed E-state index contributed by atoms with van der Waals surface area (Å²) in [5, 5.41) is 3.51. The first-order valence-electron chi connectivity index (χ1n) is 11.3. The Bertz CT molecular complexity index is 1010. The van der Waals surface area contributed by atoms with Crippen molar-refractivity contribution >= 4 is 34.5 Å². The van der Waals surface area contributed by atoms with Crippen LogP contribution in [0, 0.1) is 6.92 Å². The van der Waals surface area contributed by atoms with Crippen LogP contribution < -0.4 is 15.1 Å². The number of piperazine rings is 1. The second kappa shape index (κ2) is 8.78. The molecule has 2 fully saturated rings. The van der Waals surface area contributed by atoms with Gasteiger partial charge in [-0.05, 0) is 36.2 Å². The fourth-order valence-electron chi connectivity index (χ4n) is 4.81. The second-order valence-corrected chi connectivity index (χ2v) is 10.4. The van der Waals surface area contributed by atoms with E-state index in [1.165, 1.54) is 11.3 Å². The molecule has 0 saturated carbocycles. The number of anilines is 3. The number of likely N-dealkylation sites (tertiary alicyclic amines) is 1. The third-order valence-electron chi connectivity index (χ3n) is 6.66. The van der Waals surface area contributed by atoms with Crippen LogP contribution in [0.5, 0.6) is 0 Å². The van der Waals surface area contributed by atoms with Crippen LogP contribution in [0.2, 0.25) is 0 Å². The molecule has 3 aliphatic rings. The van der Waals surface area contributed by atoms with Crippen molar-refractivity contribution in [2.45, 2.75) is 37.1 Å². The Morgan fingerprint density at radius 2 is 1.84 bits per heavy atom. The van der Waals surface area contributed by atoms with E-state index < -0.39 is 11.2 Å². The van der Waals surface area contributed by atoms with Crippen molar-refractivity contribution in [3.63, 3.8) is 0 Å². The average Bonchev–Trinajstić information content (AvgIpc) is 3.18. The summed E-state index contributed by atoms with van der Waals surface area (Å²) in [5.74, 6) is 2.18. The zero-order valence-corrected chi connectivity index (χ0v) is 19.5. The number of rotatable bonds is 4. The number of carbonyl (C=O) groups is 1. The standard InChI is InChI=1S/C23H30N6O2S/c1-16-5-3-4-6-19(16)28-10-12-29(13-11-28)23-25-18-9-14-32(31)21(18)22(26-23)24-17-7-8-20(30)27(2)15-17/h3-6,17H,7-15H2,1-2H3,(H,24,25,26)/t17-,32?/m0/s1. The van der Waals surface area contributed by atoms with Gasteiger partial charge in [0.1, 0.15) is 11.4 Å². The average molecular weight is 455 g/mol. The molecule has 0 spiro atoms. The van der Waals surface area contributed by atoms with Gasteiger partial charge in [-0.2, -0.15) is 4.98 Å². The van der Waals surface area contributed by atoms with Crippen LogP contribution in [0.1, 0.15) is 24.1 Å². The molecule has 1 unspecified atom stereocenters. The molecule has 2 saturated heterocycles. The molecule has 1 N–H and O–H groups in total. The van der Waals surface area contributed by atoms with E-state index in [4.69, 9.17) is 9.97 Å². The molecule has 4 heterocycles. The third kappa shape index (κ3) is 4.11. The van der Waals surface area contributed by atoms with Gasteiger partial charge >= 0.3 is 0 Å². The number of aromatic nitrogens is 2. The van der Waals surface area contributed by atoms with Crippen LogP contribution in [0.15, 0.2) is 29.2 Å². The van der Waals surface area contributed by atoms with Gasteiger partial charge in [0.2, 0.25) is 16.8 Å². The zero-order chi connectivity index (χ0) is 22.2. The molecule has 0 aliphatic carbocycles. The molecular formula is C23H30N6O2S. The zero-order valence-electron chi connectivity index (χ0n) is 18.7. The Hall–Kier alpha value is -2.52. The summed E-state index contributed by atoms with van der Waals surface area (Å²) in [5.41, 5.74) is 3.48. The molecule has 3 aliphatic heterocycles. The van der Waals surface area contributed by atoms with Gasteiger partial charge in [0, 0.05) is 64.3 Å². The van der Waals surface area contributed by atoms with Gasteiger partial charge in [-0.3, -0.25) is 4.79 Å². The minimum Gasteiger partial charge on any atom is -0.611 e. The monoisotopic (exact) mass is 454 g/mol. The highest BCUT2D eigenvalue weighted by atomic mass is 32.2. The number of amides is 1. The molecule has 0 radical (unpaired) electrons. The minimum absolute atomic E-state index is 0.111. The topological polar surface area (TPSA) is 87.7 Å². The number of benzene rings is 1. The molecule has 1 aromatic carbocycles. The maximum Gasteiger partial charge on any atom is 0.228 e. The molecule has 1 aromatic heterocycles. The minimum atomic E-state index is -1.07. The SMILES string of the molecule is Cc1ccccc1N1CCN(c2nc3c(c(N[C@H]4CCC(=O)N(C)C4)n2)[S+]([O-])CC3)CC1. The molecule has 2 atom stereocenters. The van der Waals surface area contributed by atoms with E-state index in [0.717, 1.165) is 55.6 Å². The molecule has 1 amide bonds. The van der Waals surface area contributed by atoms with Gasteiger partial charge in [0.15, 0.2) is 5.82 Å². The van der Waals surface area contributed by atoms with Gasteiger partial charge in [0.25, 0.3) is 0 Å². The number of piperidine rings is 1. The Balaban J connectivity index is 1.34. The summed E-state index contributed by atoms with van der Waals surface area (Å²) in [6.07, 6.45) is 2.01. The van der Waals surface area contributed by atoms with Crippen molar-refractivity contribution in [3.05, 3.63) is 35.5 Å². The van der Waals surface area contributed by atoms with Gasteiger partial charge in [0.05, 0.1) is 0 Å². The number of hydrogen-bond acceptors (Lipinski definition) is 7. The molecule has 9 heteroatoms. The lowest BCUT2D eigenvalue weighted by Crippen LogP contribution is -2.47. The largest absolute Gasteiger partial charge is 0.611 e. The Morgan fingerprint density at radius 1 is 1.09 bits per heavy atom. The molecular weight excluding hydrogens is 424 g/mol. The van der Waals surface area contributed by atoms with Gasteiger partial charge in [-0.1, -0.05) is 18.2 Å². The number of hydrogen-bond donors (Lipinski definition) is 1. The number of para-hydroxylation sites is 1. The van der Waals surface area contributed by atoms with E-state index in [0.29, 0.717) is 24.5 Å². The third-order valence-corrected chi connectivity index (χ3v) is 8.12. The van der Waals surface area contributed by atoms with Gasteiger partial charge in [-0.15, -0.1) is 0 Å². The lowest BCUT2D eigenvalue weighted by Gasteiger charge is -2.37. The summed E-state index contributed by atoms with van der Waals surface area (Å²) in [7, 11) is 1.83. The lowest BCUT2D eigenvalue weighted by atomic mass is 10.1. The van der Waals surface area contributed by atoms with E-state index in [9.17, 15) is 9.35 Å². The summed E-state index contributed by atoms with van der Waals surface area (Å²) in [4.78, 5) is 28.7. The first kappa shape index (κ1) is 21.3. The van der Waals surface area contributed by atoms with Crippen LogP contribution in [0.3, 0.4) is 0 Å². The highest BCUT2D eigenvalue weighted by molar-refractivity contribution is 7.91. The molecule has 32 heavy (non-hydrogen) atoms. The number of carbonyl (C=O) groups excluding carboxylic acids is 1. The van der Waals surface area contributed by atoms with Crippen molar-refractivity contribution in [1.29, 1.82) is 0 Å². The smallest absolute Gasteiger partial charge is 0.228 e. The molecule has 5 rings (SSSR count). The lowest BCUT2D eigenvalue weighted by molar-refractivity contribution is -0.132. The van der Waals surface area contributed by atoms with Crippen molar-refractivity contribution in [2.75, 3.05) is 60.6 Å². The van der Waals surface area contributed by atoms with E-state index in [1.54, 1.807) is 4.90 Å². The van der Waals surface area contributed by atoms with E-state index >= 15 is 0 Å². The van der Waals surface area contributed by atoms with E-state index in [1.807, 2.05) is 7.05 Å². The summed E-state index contributed by atoms with van der Waals surface area (Å²) in [6, 6.07) is 8.61. The number of nitrogens with zero attached hydrogens (tertiary/aromatic N) is 5.